The number of benzene rings is 1. The predicted molar refractivity (Wildman–Crippen MR) is 68.0 cm³/mol. The standard InChI is InChI=1S/C12H10ClF2N3/c1-6-3-2-4-7(13)10(6)17-12-9(15)5-8(14)11(16)18-12/h2-5H,1H3,(H3,16,17,18). The van der Waals surface area contributed by atoms with Gasteiger partial charge < -0.3 is 11.1 Å². The van der Waals surface area contributed by atoms with E-state index in [9.17, 15) is 8.78 Å². The highest BCUT2D eigenvalue weighted by molar-refractivity contribution is 6.33. The molecule has 0 saturated heterocycles. The van der Waals surface area contributed by atoms with Crippen LogP contribution in [0.5, 0.6) is 0 Å². The van der Waals surface area contributed by atoms with Crippen LogP contribution in [0.3, 0.4) is 0 Å². The lowest BCUT2D eigenvalue weighted by atomic mass is 10.2. The first-order chi connectivity index (χ1) is 8.49. The molecule has 3 nitrogen and oxygen atoms in total. The van der Waals surface area contributed by atoms with Crippen molar-refractivity contribution in [3.05, 3.63) is 46.5 Å². The van der Waals surface area contributed by atoms with E-state index in [2.05, 4.69) is 10.3 Å². The molecule has 1 aromatic carbocycles. The number of nitrogens with two attached hydrogens (primary N) is 1. The molecule has 0 aliphatic rings. The number of rotatable bonds is 2. The Labute approximate surface area is 108 Å². The lowest BCUT2D eigenvalue weighted by Gasteiger charge is -2.11. The van der Waals surface area contributed by atoms with Crippen LogP contribution in [0.1, 0.15) is 5.56 Å². The molecule has 0 fully saturated rings. The van der Waals surface area contributed by atoms with Gasteiger partial charge in [0.25, 0.3) is 0 Å². The molecule has 2 rings (SSSR count). The molecule has 94 valence electrons. The van der Waals surface area contributed by atoms with Crippen LogP contribution in [0.15, 0.2) is 24.3 Å². The molecule has 0 unspecified atom stereocenters. The Hall–Kier alpha value is -1.88. The van der Waals surface area contributed by atoms with E-state index >= 15 is 0 Å². The van der Waals surface area contributed by atoms with Crippen molar-refractivity contribution < 1.29 is 8.78 Å². The van der Waals surface area contributed by atoms with Crippen molar-refractivity contribution in [2.45, 2.75) is 6.92 Å². The van der Waals surface area contributed by atoms with Crippen LogP contribution in [-0.2, 0) is 0 Å². The quantitative estimate of drug-likeness (QED) is 0.875. The second-order valence-electron chi connectivity index (χ2n) is 3.74. The fraction of sp³-hybridized carbons (Fsp3) is 0.0833. The molecule has 0 radical (unpaired) electrons. The number of aryl methyl sites for hydroxylation is 1. The summed E-state index contributed by atoms with van der Waals surface area (Å²) in [5.74, 6) is -2.26. The van der Waals surface area contributed by atoms with E-state index in [1.807, 2.05) is 0 Å². The molecule has 0 atom stereocenters. The molecule has 0 aliphatic carbocycles. The van der Waals surface area contributed by atoms with E-state index in [1.165, 1.54) is 0 Å². The number of aromatic nitrogens is 1. The Morgan fingerprint density at radius 3 is 2.67 bits per heavy atom. The van der Waals surface area contributed by atoms with E-state index in [-0.39, 0.29) is 11.6 Å². The molecule has 1 aromatic heterocycles. The number of nitrogens with zero attached hydrogens (tertiary/aromatic N) is 1. The highest BCUT2D eigenvalue weighted by Gasteiger charge is 2.12. The van der Waals surface area contributed by atoms with Crippen molar-refractivity contribution >= 4 is 28.9 Å². The van der Waals surface area contributed by atoms with Gasteiger partial charge in [-0.1, -0.05) is 23.7 Å². The average molecular weight is 270 g/mol. The summed E-state index contributed by atoms with van der Waals surface area (Å²) in [6.07, 6.45) is 0. The van der Waals surface area contributed by atoms with Gasteiger partial charge in [-0.05, 0) is 18.6 Å². The fourth-order valence-corrected chi connectivity index (χ4v) is 1.75. The lowest BCUT2D eigenvalue weighted by molar-refractivity contribution is 0.581. The summed E-state index contributed by atoms with van der Waals surface area (Å²) in [6, 6.07) is 5.91. The molecule has 0 aliphatic heterocycles. The average Bonchev–Trinajstić information content (AvgIpc) is 2.30. The molecule has 0 amide bonds. The Morgan fingerprint density at radius 1 is 1.28 bits per heavy atom. The predicted octanol–water partition coefficient (Wildman–Crippen LogP) is 3.65. The van der Waals surface area contributed by atoms with Gasteiger partial charge in [0.05, 0.1) is 10.7 Å². The third-order valence-electron chi connectivity index (χ3n) is 2.42. The fourth-order valence-electron chi connectivity index (χ4n) is 1.48. The number of anilines is 3. The van der Waals surface area contributed by atoms with Crippen LogP contribution >= 0.6 is 11.6 Å². The molecular weight excluding hydrogens is 260 g/mol. The molecule has 18 heavy (non-hydrogen) atoms. The highest BCUT2D eigenvalue weighted by atomic mass is 35.5. The molecular formula is C12H10ClF2N3. The minimum absolute atomic E-state index is 0.162. The normalized spacial score (nSPS) is 10.4. The minimum atomic E-state index is -0.895. The van der Waals surface area contributed by atoms with Gasteiger partial charge >= 0.3 is 0 Å². The number of para-hydroxylation sites is 1. The Kier molecular flexibility index (Phi) is 3.34. The molecule has 3 N–H and O–H groups in total. The first kappa shape index (κ1) is 12.6. The number of nitrogen functional groups attached to an aromatic ring is 1. The highest BCUT2D eigenvalue weighted by Crippen LogP contribution is 2.29. The summed E-state index contributed by atoms with van der Waals surface area (Å²) in [5.41, 5.74) is 6.62. The van der Waals surface area contributed by atoms with E-state index in [0.29, 0.717) is 16.8 Å². The van der Waals surface area contributed by atoms with Crippen molar-refractivity contribution in [1.29, 1.82) is 0 Å². The zero-order valence-electron chi connectivity index (χ0n) is 9.47. The van der Waals surface area contributed by atoms with Crippen molar-refractivity contribution in [2.24, 2.45) is 0 Å². The SMILES string of the molecule is Cc1cccc(Cl)c1Nc1nc(N)c(F)cc1F. The summed E-state index contributed by atoms with van der Waals surface area (Å²) >= 11 is 5.98. The maximum absolute atomic E-state index is 13.5. The van der Waals surface area contributed by atoms with Gasteiger partial charge in [-0.15, -0.1) is 0 Å². The summed E-state index contributed by atoms with van der Waals surface area (Å²) in [7, 11) is 0. The third kappa shape index (κ3) is 2.36. The van der Waals surface area contributed by atoms with E-state index in [1.54, 1.807) is 25.1 Å². The second-order valence-corrected chi connectivity index (χ2v) is 4.15. The van der Waals surface area contributed by atoms with Gasteiger partial charge in [-0.3, -0.25) is 0 Å². The Balaban J connectivity index is 2.43. The number of pyridine rings is 1. The number of halogens is 3. The molecule has 0 saturated carbocycles. The van der Waals surface area contributed by atoms with Gasteiger partial charge in [0.1, 0.15) is 0 Å². The second kappa shape index (κ2) is 4.78. The first-order valence-corrected chi connectivity index (χ1v) is 5.50. The van der Waals surface area contributed by atoms with Crippen LogP contribution in [0.2, 0.25) is 5.02 Å². The van der Waals surface area contributed by atoms with Crippen molar-refractivity contribution in [1.82, 2.24) is 4.98 Å². The van der Waals surface area contributed by atoms with Crippen molar-refractivity contribution in [3.63, 3.8) is 0 Å². The molecule has 2 aromatic rings. The molecule has 6 heteroatoms. The number of hydrogen-bond acceptors (Lipinski definition) is 3. The summed E-state index contributed by atoms with van der Waals surface area (Å²) in [6.45, 7) is 1.80. The van der Waals surface area contributed by atoms with E-state index in [4.69, 9.17) is 17.3 Å². The van der Waals surface area contributed by atoms with Gasteiger partial charge in [0.2, 0.25) is 0 Å². The zero-order chi connectivity index (χ0) is 13.3. The topological polar surface area (TPSA) is 50.9 Å². The number of nitrogens with one attached hydrogen (secondary N) is 1. The lowest BCUT2D eigenvalue weighted by Crippen LogP contribution is -2.04. The van der Waals surface area contributed by atoms with Crippen LogP contribution in [-0.4, -0.2) is 4.98 Å². The van der Waals surface area contributed by atoms with Crippen LogP contribution in [0.4, 0.5) is 26.1 Å². The molecule has 0 bridgehead atoms. The van der Waals surface area contributed by atoms with Gasteiger partial charge in [0, 0.05) is 6.07 Å². The molecule has 0 spiro atoms. The zero-order valence-corrected chi connectivity index (χ0v) is 10.2. The minimum Gasteiger partial charge on any atom is -0.381 e. The summed E-state index contributed by atoms with van der Waals surface area (Å²) in [4.78, 5) is 3.61. The molecule has 1 heterocycles. The van der Waals surface area contributed by atoms with Crippen molar-refractivity contribution in [2.75, 3.05) is 11.1 Å². The third-order valence-corrected chi connectivity index (χ3v) is 2.74. The maximum atomic E-state index is 13.5. The largest absolute Gasteiger partial charge is 0.381 e. The smallest absolute Gasteiger partial charge is 0.169 e. The van der Waals surface area contributed by atoms with Crippen LogP contribution in [0.25, 0.3) is 0 Å². The van der Waals surface area contributed by atoms with Gasteiger partial charge in [0.15, 0.2) is 23.3 Å². The van der Waals surface area contributed by atoms with Crippen molar-refractivity contribution in [3.8, 4) is 0 Å². The monoisotopic (exact) mass is 269 g/mol. The van der Waals surface area contributed by atoms with Crippen LogP contribution < -0.4 is 11.1 Å². The van der Waals surface area contributed by atoms with E-state index < -0.39 is 11.6 Å². The summed E-state index contributed by atoms with van der Waals surface area (Å²) in [5, 5.41) is 3.13. The summed E-state index contributed by atoms with van der Waals surface area (Å²) < 4.78 is 26.5. The van der Waals surface area contributed by atoms with Crippen LogP contribution in [0, 0.1) is 18.6 Å². The number of hydrogen-bond donors (Lipinski definition) is 2. The van der Waals surface area contributed by atoms with Gasteiger partial charge in [-0.2, -0.15) is 0 Å². The maximum Gasteiger partial charge on any atom is 0.169 e. The first-order valence-electron chi connectivity index (χ1n) is 5.12. The Morgan fingerprint density at radius 2 is 2.00 bits per heavy atom. The van der Waals surface area contributed by atoms with Gasteiger partial charge in [-0.25, -0.2) is 13.8 Å². The Bertz CT molecular complexity index is 582. The van der Waals surface area contributed by atoms with E-state index in [0.717, 1.165) is 5.56 Å².